The fourth-order valence-electron chi connectivity index (χ4n) is 3.81. The lowest BCUT2D eigenvalue weighted by atomic mass is 9.84. The molecule has 1 rings (SSSR count). The lowest BCUT2D eigenvalue weighted by Crippen LogP contribution is -2.47. The molecule has 1 N–H and O–H groups in total. The van der Waals surface area contributed by atoms with Gasteiger partial charge in [-0.15, -0.1) is 0 Å². The topological polar surface area (TPSA) is 64.6 Å². The van der Waals surface area contributed by atoms with Crippen LogP contribution in [0.1, 0.15) is 104 Å². The Morgan fingerprint density at radius 2 is 1.44 bits per heavy atom. The maximum absolute atomic E-state index is 12.5. The minimum absolute atomic E-state index is 0.166. The molecule has 0 aromatic heterocycles. The SMILES string of the molecule is CCCCCCCCCCCOC(=O)C(NC(=O)OCC)C1CCCCC1. The Morgan fingerprint density at radius 1 is 0.852 bits per heavy atom. The van der Waals surface area contributed by atoms with Gasteiger partial charge in [0.1, 0.15) is 6.04 Å². The van der Waals surface area contributed by atoms with E-state index in [1.165, 1.54) is 51.4 Å². The molecule has 0 radical (unpaired) electrons. The molecule has 1 amide bonds. The first-order valence-corrected chi connectivity index (χ1v) is 11.3. The van der Waals surface area contributed by atoms with Crippen LogP contribution in [0.3, 0.4) is 0 Å². The number of carbonyl (C=O) groups excluding carboxylic acids is 2. The number of esters is 1. The number of alkyl carbamates (subject to hydrolysis) is 1. The zero-order valence-electron chi connectivity index (χ0n) is 17.6. The molecular formula is C22H41NO4. The fraction of sp³-hybridized carbons (Fsp3) is 0.909. The predicted molar refractivity (Wildman–Crippen MR) is 109 cm³/mol. The maximum atomic E-state index is 12.5. The highest BCUT2D eigenvalue weighted by Gasteiger charge is 2.32. The molecule has 1 aliphatic carbocycles. The van der Waals surface area contributed by atoms with Gasteiger partial charge >= 0.3 is 12.1 Å². The molecule has 0 aromatic rings. The highest BCUT2D eigenvalue weighted by molar-refractivity contribution is 5.81. The fourth-order valence-corrected chi connectivity index (χ4v) is 3.81. The minimum Gasteiger partial charge on any atom is -0.464 e. The van der Waals surface area contributed by atoms with Crippen molar-refractivity contribution in [1.82, 2.24) is 5.32 Å². The van der Waals surface area contributed by atoms with Crippen molar-refractivity contribution >= 4 is 12.1 Å². The number of unbranched alkanes of at least 4 members (excludes halogenated alkanes) is 8. The van der Waals surface area contributed by atoms with Gasteiger partial charge in [0.15, 0.2) is 0 Å². The average molecular weight is 384 g/mol. The van der Waals surface area contributed by atoms with Crippen LogP contribution >= 0.6 is 0 Å². The first-order valence-electron chi connectivity index (χ1n) is 11.3. The van der Waals surface area contributed by atoms with E-state index < -0.39 is 12.1 Å². The highest BCUT2D eigenvalue weighted by Crippen LogP contribution is 2.27. The second kappa shape index (κ2) is 15.8. The van der Waals surface area contributed by atoms with Crippen molar-refractivity contribution in [2.75, 3.05) is 13.2 Å². The zero-order chi connectivity index (χ0) is 19.7. The van der Waals surface area contributed by atoms with Crippen molar-refractivity contribution in [1.29, 1.82) is 0 Å². The molecule has 5 heteroatoms. The Balaban J connectivity index is 2.23. The van der Waals surface area contributed by atoms with Crippen LogP contribution in [-0.4, -0.2) is 31.3 Å². The molecule has 1 atom stereocenters. The van der Waals surface area contributed by atoms with Crippen LogP contribution in [-0.2, 0) is 14.3 Å². The molecule has 0 aromatic carbocycles. The number of hydrogen-bond acceptors (Lipinski definition) is 4. The lowest BCUT2D eigenvalue weighted by Gasteiger charge is -2.29. The summed E-state index contributed by atoms with van der Waals surface area (Å²) in [6.07, 6.45) is 15.9. The maximum Gasteiger partial charge on any atom is 0.407 e. The Morgan fingerprint density at radius 3 is 2.04 bits per heavy atom. The van der Waals surface area contributed by atoms with Crippen LogP contribution in [0.15, 0.2) is 0 Å². The van der Waals surface area contributed by atoms with Crippen molar-refractivity contribution in [2.24, 2.45) is 5.92 Å². The molecule has 1 fully saturated rings. The van der Waals surface area contributed by atoms with E-state index in [9.17, 15) is 9.59 Å². The van der Waals surface area contributed by atoms with Crippen molar-refractivity contribution in [2.45, 2.75) is 110 Å². The number of amides is 1. The van der Waals surface area contributed by atoms with Gasteiger partial charge in [-0.05, 0) is 32.1 Å². The summed E-state index contributed by atoms with van der Waals surface area (Å²) in [6.45, 7) is 4.75. The molecule has 158 valence electrons. The number of rotatable bonds is 14. The Kier molecular flexibility index (Phi) is 13.9. The van der Waals surface area contributed by atoms with Crippen molar-refractivity contribution in [3.05, 3.63) is 0 Å². The third-order valence-electron chi connectivity index (χ3n) is 5.42. The van der Waals surface area contributed by atoms with E-state index in [-0.39, 0.29) is 11.9 Å². The molecule has 0 heterocycles. The van der Waals surface area contributed by atoms with Gasteiger partial charge in [-0.1, -0.05) is 77.6 Å². The van der Waals surface area contributed by atoms with E-state index in [4.69, 9.17) is 9.47 Å². The van der Waals surface area contributed by atoms with E-state index in [1.807, 2.05) is 0 Å². The smallest absolute Gasteiger partial charge is 0.407 e. The standard InChI is InChI=1S/C22H41NO4/c1-3-5-6-7-8-9-10-11-15-18-27-21(24)20(23-22(25)26-4-2)19-16-13-12-14-17-19/h19-20H,3-18H2,1-2H3,(H,23,25). The summed E-state index contributed by atoms with van der Waals surface area (Å²) < 4.78 is 10.4. The average Bonchev–Trinajstić information content (AvgIpc) is 2.68. The summed E-state index contributed by atoms with van der Waals surface area (Å²) in [7, 11) is 0. The Bertz CT molecular complexity index is 394. The largest absolute Gasteiger partial charge is 0.464 e. The molecule has 0 aliphatic heterocycles. The number of ether oxygens (including phenoxy) is 2. The van der Waals surface area contributed by atoms with Gasteiger partial charge in [0.25, 0.3) is 0 Å². The van der Waals surface area contributed by atoms with Crippen LogP contribution < -0.4 is 5.32 Å². The predicted octanol–water partition coefficient (Wildman–Crippen LogP) is 5.76. The van der Waals surface area contributed by atoms with Crippen molar-refractivity contribution in [3.63, 3.8) is 0 Å². The van der Waals surface area contributed by atoms with Gasteiger partial charge in [-0.2, -0.15) is 0 Å². The van der Waals surface area contributed by atoms with E-state index in [0.29, 0.717) is 13.2 Å². The molecule has 0 saturated heterocycles. The van der Waals surface area contributed by atoms with Crippen LogP contribution in [0.25, 0.3) is 0 Å². The van der Waals surface area contributed by atoms with Gasteiger partial charge in [0, 0.05) is 0 Å². The third kappa shape index (κ3) is 11.2. The molecule has 1 saturated carbocycles. The molecule has 0 spiro atoms. The van der Waals surface area contributed by atoms with Crippen LogP contribution in [0.5, 0.6) is 0 Å². The van der Waals surface area contributed by atoms with E-state index in [0.717, 1.165) is 38.5 Å². The highest BCUT2D eigenvalue weighted by atomic mass is 16.6. The first-order chi connectivity index (χ1) is 13.2. The van der Waals surface area contributed by atoms with Crippen LogP contribution in [0.2, 0.25) is 0 Å². The Labute approximate surface area is 165 Å². The van der Waals surface area contributed by atoms with Gasteiger partial charge in [0.05, 0.1) is 13.2 Å². The molecular weight excluding hydrogens is 342 g/mol. The quantitative estimate of drug-likeness (QED) is 0.306. The normalized spacial score (nSPS) is 15.9. The molecule has 0 bridgehead atoms. The monoisotopic (exact) mass is 383 g/mol. The lowest BCUT2D eigenvalue weighted by molar-refractivity contribution is -0.148. The second-order valence-corrected chi connectivity index (χ2v) is 7.74. The van der Waals surface area contributed by atoms with Crippen LogP contribution in [0.4, 0.5) is 4.79 Å². The summed E-state index contributed by atoms with van der Waals surface area (Å²) in [5, 5.41) is 2.74. The molecule has 1 aliphatic rings. The summed E-state index contributed by atoms with van der Waals surface area (Å²) in [4.78, 5) is 24.3. The van der Waals surface area contributed by atoms with Crippen molar-refractivity contribution < 1.29 is 19.1 Å². The van der Waals surface area contributed by atoms with Gasteiger partial charge in [0.2, 0.25) is 0 Å². The summed E-state index contributed by atoms with van der Waals surface area (Å²) in [6, 6.07) is -0.567. The number of hydrogen-bond donors (Lipinski definition) is 1. The van der Waals surface area contributed by atoms with Gasteiger partial charge in [-0.25, -0.2) is 9.59 Å². The first kappa shape index (κ1) is 23.8. The minimum atomic E-state index is -0.567. The number of nitrogens with one attached hydrogen (secondary N) is 1. The van der Waals surface area contributed by atoms with Gasteiger partial charge in [-0.3, -0.25) is 0 Å². The van der Waals surface area contributed by atoms with E-state index in [1.54, 1.807) is 6.92 Å². The van der Waals surface area contributed by atoms with E-state index >= 15 is 0 Å². The Hall–Kier alpha value is -1.26. The second-order valence-electron chi connectivity index (χ2n) is 7.74. The number of carbonyl (C=O) groups is 2. The molecule has 27 heavy (non-hydrogen) atoms. The summed E-state index contributed by atoms with van der Waals surface area (Å²) in [5.74, 6) is -0.131. The molecule has 5 nitrogen and oxygen atoms in total. The summed E-state index contributed by atoms with van der Waals surface area (Å²) >= 11 is 0. The van der Waals surface area contributed by atoms with E-state index in [2.05, 4.69) is 12.2 Å². The van der Waals surface area contributed by atoms with Crippen LogP contribution in [0, 0.1) is 5.92 Å². The third-order valence-corrected chi connectivity index (χ3v) is 5.42. The molecule has 1 unspecified atom stereocenters. The van der Waals surface area contributed by atoms with Gasteiger partial charge < -0.3 is 14.8 Å². The van der Waals surface area contributed by atoms with Crippen molar-refractivity contribution in [3.8, 4) is 0 Å². The summed E-state index contributed by atoms with van der Waals surface area (Å²) in [5.41, 5.74) is 0. The zero-order valence-corrected chi connectivity index (χ0v) is 17.6.